The molecule has 0 fully saturated rings. The molecule has 0 bridgehead atoms. The molecule has 0 saturated carbocycles. The second-order valence-electron chi connectivity index (χ2n) is 2.06. The maximum atomic E-state index is 10.3. The zero-order chi connectivity index (χ0) is 8.10. The predicted molar refractivity (Wildman–Crippen MR) is 45.0 cm³/mol. The van der Waals surface area contributed by atoms with Crippen LogP contribution in [0, 0.1) is 0 Å². The molecule has 1 rings (SSSR count). The number of aldehydes is 1. The fraction of sp³-hybridized carbons (Fsp3) is 0.375. The van der Waals surface area contributed by atoms with Gasteiger partial charge in [-0.25, -0.2) is 0 Å². The fourth-order valence-electron chi connectivity index (χ4n) is 0.738. The Bertz CT molecular complexity index is 230. The topological polar surface area (TPSA) is 26.3 Å². The van der Waals surface area contributed by atoms with Crippen LogP contribution in [-0.4, -0.2) is 12.9 Å². The molecule has 0 aliphatic rings. The summed E-state index contributed by atoms with van der Waals surface area (Å²) in [6, 6.07) is 3.73. The lowest BCUT2D eigenvalue weighted by molar-refractivity contribution is 0.112. The Hall–Kier alpha value is -0.670. The Kier molecular flexibility index (Phi) is 3.26. The van der Waals surface area contributed by atoms with Crippen molar-refractivity contribution in [3.8, 4) is 0 Å². The smallest absolute Gasteiger partial charge is 0.160 e. The Labute approximate surface area is 69.8 Å². The lowest BCUT2D eigenvalue weighted by atomic mass is 10.4. The quantitative estimate of drug-likeness (QED) is 0.647. The fourth-order valence-corrected chi connectivity index (χ4v) is 1.50. The van der Waals surface area contributed by atoms with Gasteiger partial charge in [0.2, 0.25) is 0 Å². The molecule has 3 heteroatoms. The van der Waals surface area contributed by atoms with Crippen LogP contribution in [0.4, 0.5) is 0 Å². The normalized spacial score (nSPS) is 9.91. The molecule has 0 N–H and O–H groups in total. The molecule has 0 radical (unpaired) electrons. The molecule has 0 aromatic carbocycles. The molecular weight excluding hydrogens is 160 g/mol. The van der Waals surface area contributed by atoms with Crippen LogP contribution in [0.25, 0.3) is 0 Å². The highest BCUT2D eigenvalue weighted by Gasteiger charge is 1.97. The third kappa shape index (κ3) is 2.44. The third-order valence-electron chi connectivity index (χ3n) is 1.25. The lowest BCUT2D eigenvalue weighted by Gasteiger charge is -1.94. The minimum atomic E-state index is 0.620. The zero-order valence-electron chi connectivity index (χ0n) is 6.37. The number of carbonyl (C=O) groups is 1. The van der Waals surface area contributed by atoms with Crippen molar-refractivity contribution in [2.45, 2.75) is 13.5 Å². The van der Waals surface area contributed by atoms with Crippen LogP contribution in [0.1, 0.15) is 21.5 Å². The molecule has 0 spiro atoms. The number of ether oxygens (including phenoxy) is 1. The molecule has 1 aromatic rings. The average molecular weight is 170 g/mol. The van der Waals surface area contributed by atoms with Crippen LogP contribution in [0.2, 0.25) is 0 Å². The number of hydrogen-bond donors (Lipinski definition) is 0. The second-order valence-corrected chi connectivity index (χ2v) is 3.26. The first kappa shape index (κ1) is 8.43. The molecule has 0 unspecified atom stereocenters. The van der Waals surface area contributed by atoms with Gasteiger partial charge in [0.15, 0.2) is 6.29 Å². The van der Waals surface area contributed by atoms with E-state index in [2.05, 4.69) is 0 Å². The van der Waals surface area contributed by atoms with Gasteiger partial charge in [-0.05, 0) is 19.1 Å². The standard InChI is InChI=1S/C8H10O2S/c1-2-10-6-8-4-3-7(5-9)11-8/h3-5H,2,6H2,1H3. The van der Waals surface area contributed by atoms with Gasteiger partial charge in [-0.1, -0.05) is 0 Å². The molecule has 0 aliphatic carbocycles. The Morgan fingerprint density at radius 2 is 2.45 bits per heavy atom. The van der Waals surface area contributed by atoms with E-state index in [1.54, 1.807) is 0 Å². The largest absolute Gasteiger partial charge is 0.376 e. The number of carbonyl (C=O) groups excluding carboxylic acids is 1. The van der Waals surface area contributed by atoms with Gasteiger partial charge in [0.1, 0.15) is 0 Å². The van der Waals surface area contributed by atoms with E-state index >= 15 is 0 Å². The summed E-state index contributed by atoms with van der Waals surface area (Å²) in [4.78, 5) is 12.1. The van der Waals surface area contributed by atoms with Crippen molar-refractivity contribution in [3.05, 3.63) is 21.9 Å². The van der Waals surface area contributed by atoms with Gasteiger partial charge in [0.05, 0.1) is 11.5 Å². The summed E-state index contributed by atoms with van der Waals surface area (Å²) in [5.74, 6) is 0. The number of thiophene rings is 1. The maximum absolute atomic E-state index is 10.3. The van der Waals surface area contributed by atoms with Crippen molar-refractivity contribution in [2.75, 3.05) is 6.61 Å². The highest BCUT2D eigenvalue weighted by atomic mass is 32.1. The van der Waals surface area contributed by atoms with Gasteiger partial charge in [-0.2, -0.15) is 0 Å². The van der Waals surface area contributed by atoms with Crippen molar-refractivity contribution >= 4 is 17.6 Å². The molecule has 0 amide bonds. The minimum Gasteiger partial charge on any atom is -0.376 e. The third-order valence-corrected chi connectivity index (χ3v) is 2.23. The summed E-state index contributed by atoms with van der Waals surface area (Å²) in [6.07, 6.45) is 0.861. The van der Waals surface area contributed by atoms with E-state index in [1.165, 1.54) is 11.3 Å². The molecule has 11 heavy (non-hydrogen) atoms. The van der Waals surface area contributed by atoms with E-state index in [0.29, 0.717) is 13.2 Å². The van der Waals surface area contributed by atoms with Crippen LogP contribution in [-0.2, 0) is 11.3 Å². The molecule has 1 aromatic heterocycles. The summed E-state index contributed by atoms with van der Waals surface area (Å²) in [5, 5.41) is 0. The van der Waals surface area contributed by atoms with E-state index < -0.39 is 0 Å². The zero-order valence-corrected chi connectivity index (χ0v) is 7.19. The van der Waals surface area contributed by atoms with Crippen LogP contribution >= 0.6 is 11.3 Å². The lowest BCUT2D eigenvalue weighted by Crippen LogP contribution is -1.87. The van der Waals surface area contributed by atoms with Crippen molar-refractivity contribution in [1.82, 2.24) is 0 Å². The first-order valence-corrected chi connectivity index (χ1v) is 4.30. The van der Waals surface area contributed by atoms with Gasteiger partial charge in [0, 0.05) is 11.5 Å². The van der Waals surface area contributed by atoms with Crippen LogP contribution in [0.3, 0.4) is 0 Å². The minimum absolute atomic E-state index is 0.620. The van der Waals surface area contributed by atoms with Gasteiger partial charge in [-0.15, -0.1) is 11.3 Å². The van der Waals surface area contributed by atoms with Crippen LogP contribution < -0.4 is 0 Å². The van der Waals surface area contributed by atoms with Crippen molar-refractivity contribution in [1.29, 1.82) is 0 Å². The SMILES string of the molecule is CCOCc1ccc(C=O)s1. The summed E-state index contributed by atoms with van der Waals surface area (Å²) >= 11 is 1.48. The van der Waals surface area contributed by atoms with Crippen LogP contribution in [0.5, 0.6) is 0 Å². The Morgan fingerprint density at radius 3 is 3.00 bits per heavy atom. The monoisotopic (exact) mass is 170 g/mol. The van der Waals surface area contributed by atoms with Crippen molar-refractivity contribution < 1.29 is 9.53 Å². The van der Waals surface area contributed by atoms with E-state index in [4.69, 9.17) is 4.74 Å². The van der Waals surface area contributed by atoms with E-state index in [9.17, 15) is 4.79 Å². The number of rotatable bonds is 4. The van der Waals surface area contributed by atoms with Gasteiger partial charge < -0.3 is 4.74 Å². The van der Waals surface area contributed by atoms with Crippen molar-refractivity contribution in [2.24, 2.45) is 0 Å². The molecule has 0 atom stereocenters. The molecule has 1 heterocycles. The Morgan fingerprint density at radius 1 is 1.64 bits per heavy atom. The van der Waals surface area contributed by atoms with E-state index in [-0.39, 0.29) is 0 Å². The summed E-state index contributed by atoms with van der Waals surface area (Å²) in [7, 11) is 0. The first-order valence-electron chi connectivity index (χ1n) is 3.48. The van der Waals surface area contributed by atoms with Gasteiger partial charge in [0.25, 0.3) is 0 Å². The highest BCUT2D eigenvalue weighted by Crippen LogP contribution is 2.14. The van der Waals surface area contributed by atoms with E-state index in [1.807, 2.05) is 19.1 Å². The average Bonchev–Trinajstić information content (AvgIpc) is 2.48. The predicted octanol–water partition coefficient (Wildman–Crippen LogP) is 2.10. The Balaban J connectivity index is 2.51. The molecule has 0 aliphatic heterocycles. The highest BCUT2D eigenvalue weighted by molar-refractivity contribution is 7.13. The van der Waals surface area contributed by atoms with Crippen molar-refractivity contribution in [3.63, 3.8) is 0 Å². The molecule has 0 saturated heterocycles. The summed E-state index contributed by atoms with van der Waals surface area (Å²) < 4.78 is 5.17. The molecule has 60 valence electrons. The molecular formula is C8H10O2S. The summed E-state index contributed by atoms with van der Waals surface area (Å²) in [6.45, 7) is 3.29. The van der Waals surface area contributed by atoms with E-state index in [0.717, 1.165) is 16.0 Å². The van der Waals surface area contributed by atoms with Crippen LogP contribution in [0.15, 0.2) is 12.1 Å². The maximum Gasteiger partial charge on any atom is 0.160 e. The number of hydrogen-bond acceptors (Lipinski definition) is 3. The summed E-state index contributed by atoms with van der Waals surface area (Å²) in [5.41, 5.74) is 0. The van der Waals surface area contributed by atoms with Gasteiger partial charge >= 0.3 is 0 Å². The molecule has 2 nitrogen and oxygen atoms in total. The second kappa shape index (κ2) is 4.26. The van der Waals surface area contributed by atoms with Gasteiger partial charge in [-0.3, -0.25) is 4.79 Å². The first-order chi connectivity index (χ1) is 5.36.